The molecule has 4 rings (SSSR count). The lowest BCUT2D eigenvalue weighted by Crippen LogP contribution is -2.43. The Kier molecular flexibility index (Phi) is 6.48. The van der Waals surface area contributed by atoms with Crippen molar-refractivity contribution < 1.29 is 4.79 Å². The molecule has 0 saturated carbocycles. The van der Waals surface area contributed by atoms with E-state index in [0.717, 1.165) is 66.2 Å². The van der Waals surface area contributed by atoms with Gasteiger partial charge < -0.3 is 9.80 Å². The predicted molar refractivity (Wildman–Crippen MR) is 122 cm³/mol. The van der Waals surface area contributed by atoms with Crippen LogP contribution in [0.1, 0.15) is 31.7 Å². The molecule has 0 aliphatic carbocycles. The van der Waals surface area contributed by atoms with Crippen LogP contribution in [0.4, 0.5) is 5.82 Å². The monoisotopic (exact) mass is 422 g/mol. The second kappa shape index (κ2) is 9.43. The van der Waals surface area contributed by atoms with Gasteiger partial charge in [-0.3, -0.25) is 4.79 Å². The standard InChI is InChI=1S/C24H27ClN4O/c1-2-13-29(16-18-7-9-20(25)10-8-18)24(30)19-11-14-28(15-12-19)23-21-5-3-4-6-22(21)26-17-27-23/h3-10,17,19H,2,11-16H2,1H3. The third-order valence-corrected chi connectivity index (χ3v) is 6.01. The van der Waals surface area contributed by atoms with E-state index in [2.05, 4.69) is 27.9 Å². The molecule has 5 nitrogen and oxygen atoms in total. The van der Waals surface area contributed by atoms with Crippen LogP contribution in [-0.4, -0.2) is 40.4 Å². The molecule has 0 atom stereocenters. The summed E-state index contributed by atoms with van der Waals surface area (Å²) in [7, 11) is 0. The number of carbonyl (C=O) groups is 1. The summed E-state index contributed by atoms with van der Waals surface area (Å²) in [6.45, 7) is 5.19. The molecular formula is C24H27ClN4O. The number of nitrogens with zero attached hydrogens (tertiary/aromatic N) is 4. The average Bonchev–Trinajstić information content (AvgIpc) is 2.79. The van der Waals surface area contributed by atoms with Crippen molar-refractivity contribution in [3.05, 3.63) is 65.4 Å². The lowest BCUT2D eigenvalue weighted by Gasteiger charge is -2.35. The third kappa shape index (κ3) is 4.57. The SMILES string of the molecule is CCCN(Cc1ccc(Cl)cc1)C(=O)C1CCN(c2ncnc3ccccc23)CC1. The number of rotatable bonds is 6. The smallest absolute Gasteiger partial charge is 0.226 e. The van der Waals surface area contributed by atoms with Crippen molar-refractivity contribution in [2.45, 2.75) is 32.7 Å². The third-order valence-electron chi connectivity index (χ3n) is 5.76. The van der Waals surface area contributed by atoms with Gasteiger partial charge in [0.25, 0.3) is 0 Å². The Bertz CT molecular complexity index is 994. The van der Waals surface area contributed by atoms with Crippen LogP contribution < -0.4 is 4.90 Å². The van der Waals surface area contributed by atoms with E-state index < -0.39 is 0 Å². The summed E-state index contributed by atoms with van der Waals surface area (Å²) in [6.07, 6.45) is 4.27. The lowest BCUT2D eigenvalue weighted by atomic mass is 9.94. The van der Waals surface area contributed by atoms with E-state index in [4.69, 9.17) is 11.6 Å². The summed E-state index contributed by atoms with van der Waals surface area (Å²) < 4.78 is 0. The highest BCUT2D eigenvalue weighted by atomic mass is 35.5. The molecule has 0 bridgehead atoms. The molecule has 1 saturated heterocycles. The van der Waals surface area contributed by atoms with Gasteiger partial charge in [0.05, 0.1) is 5.52 Å². The highest BCUT2D eigenvalue weighted by Crippen LogP contribution is 2.28. The second-order valence-corrected chi connectivity index (χ2v) is 8.30. The average molecular weight is 423 g/mol. The van der Waals surface area contributed by atoms with Gasteiger partial charge in [-0.1, -0.05) is 42.8 Å². The Hall–Kier alpha value is -2.66. The Morgan fingerprint density at radius 3 is 2.57 bits per heavy atom. The molecule has 6 heteroatoms. The Labute approximate surface area is 182 Å². The van der Waals surface area contributed by atoms with Crippen molar-refractivity contribution >= 4 is 34.2 Å². The minimum absolute atomic E-state index is 0.0631. The molecule has 0 unspecified atom stereocenters. The molecule has 1 aliphatic rings. The maximum Gasteiger partial charge on any atom is 0.226 e. The maximum atomic E-state index is 13.3. The van der Waals surface area contributed by atoms with Gasteiger partial charge >= 0.3 is 0 Å². The van der Waals surface area contributed by atoms with Crippen molar-refractivity contribution in [2.24, 2.45) is 5.92 Å². The number of hydrogen-bond acceptors (Lipinski definition) is 4. The van der Waals surface area contributed by atoms with Crippen LogP contribution in [0.3, 0.4) is 0 Å². The number of anilines is 1. The van der Waals surface area contributed by atoms with E-state index in [1.807, 2.05) is 47.4 Å². The van der Waals surface area contributed by atoms with Crippen LogP contribution in [0.25, 0.3) is 10.9 Å². The number of hydrogen-bond donors (Lipinski definition) is 0. The van der Waals surface area contributed by atoms with Gasteiger partial charge in [0.15, 0.2) is 0 Å². The van der Waals surface area contributed by atoms with Gasteiger partial charge in [-0.25, -0.2) is 9.97 Å². The lowest BCUT2D eigenvalue weighted by molar-refractivity contribution is -0.136. The summed E-state index contributed by atoms with van der Waals surface area (Å²) in [4.78, 5) is 26.5. The molecule has 0 spiro atoms. The minimum Gasteiger partial charge on any atom is -0.356 e. The zero-order chi connectivity index (χ0) is 20.9. The Morgan fingerprint density at radius 1 is 1.10 bits per heavy atom. The van der Waals surface area contributed by atoms with E-state index in [1.54, 1.807) is 6.33 Å². The van der Waals surface area contributed by atoms with Gasteiger partial charge in [0, 0.05) is 42.5 Å². The van der Waals surface area contributed by atoms with E-state index in [0.29, 0.717) is 6.54 Å². The van der Waals surface area contributed by atoms with Crippen LogP contribution in [0.15, 0.2) is 54.9 Å². The summed E-state index contributed by atoms with van der Waals surface area (Å²) in [5, 5.41) is 1.79. The Morgan fingerprint density at radius 2 is 1.83 bits per heavy atom. The fourth-order valence-corrected chi connectivity index (χ4v) is 4.31. The van der Waals surface area contributed by atoms with E-state index in [-0.39, 0.29) is 11.8 Å². The quantitative estimate of drug-likeness (QED) is 0.564. The zero-order valence-corrected chi connectivity index (χ0v) is 18.1. The van der Waals surface area contributed by atoms with Gasteiger partial charge in [-0.2, -0.15) is 0 Å². The van der Waals surface area contributed by atoms with Gasteiger partial charge in [-0.15, -0.1) is 0 Å². The van der Waals surface area contributed by atoms with Crippen LogP contribution in [0.5, 0.6) is 0 Å². The number of piperidine rings is 1. The van der Waals surface area contributed by atoms with Crippen molar-refractivity contribution in [3.8, 4) is 0 Å². The molecule has 0 radical (unpaired) electrons. The second-order valence-electron chi connectivity index (χ2n) is 7.86. The molecule has 156 valence electrons. The van der Waals surface area contributed by atoms with Crippen LogP contribution in [-0.2, 0) is 11.3 Å². The number of aromatic nitrogens is 2. The Balaban J connectivity index is 1.42. The molecule has 0 N–H and O–H groups in total. The molecule has 1 aromatic heterocycles. The first-order valence-corrected chi connectivity index (χ1v) is 11.0. The highest BCUT2D eigenvalue weighted by molar-refractivity contribution is 6.30. The molecule has 30 heavy (non-hydrogen) atoms. The van der Waals surface area contributed by atoms with Crippen LogP contribution >= 0.6 is 11.6 Å². The van der Waals surface area contributed by atoms with Crippen molar-refractivity contribution in [1.29, 1.82) is 0 Å². The molecule has 2 aromatic carbocycles. The minimum atomic E-state index is 0.0631. The molecular weight excluding hydrogens is 396 g/mol. The van der Waals surface area contributed by atoms with Crippen LogP contribution in [0.2, 0.25) is 5.02 Å². The fraction of sp³-hybridized carbons (Fsp3) is 0.375. The molecule has 2 heterocycles. The summed E-state index contributed by atoms with van der Waals surface area (Å²) in [5.41, 5.74) is 2.07. The number of amides is 1. The predicted octanol–water partition coefficient (Wildman–Crippen LogP) is 4.94. The van der Waals surface area contributed by atoms with Crippen molar-refractivity contribution in [2.75, 3.05) is 24.5 Å². The molecule has 1 fully saturated rings. The molecule has 3 aromatic rings. The first kappa shape index (κ1) is 20.6. The number of halogens is 1. The maximum absolute atomic E-state index is 13.3. The van der Waals surface area contributed by atoms with Crippen molar-refractivity contribution in [3.63, 3.8) is 0 Å². The molecule has 1 amide bonds. The van der Waals surface area contributed by atoms with E-state index in [9.17, 15) is 4.79 Å². The molecule has 1 aliphatic heterocycles. The zero-order valence-electron chi connectivity index (χ0n) is 17.3. The number of para-hydroxylation sites is 1. The first-order valence-electron chi connectivity index (χ1n) is 10.6. The normalized spacial score (nSPS) is 14.8. The van der Waals surface area contributed by atoms with E-state index >= 15 is 0 Å². The largest absolute Gasteiger partial charge is 0.356 e. The fourth-order valence-electron chi connectivity index (χ4n) is 4.19. The number of benzene rings is 2. The van der Waals surface area contributed by atoms with Gasteiger partial charge in [0.1, 0.15) is 12.1 Å². The topological polar surface area (TPSA) is 49.3 Å². The highest BCUT2D eigenvalue weighted by Gasteiger charge is 2.29. The van der Waals surface area contributed by atoms with Gasteiger partial charge in [0.2, 0.25) is 5.91 Å². The number of carbonyl (C=O) groups excluding carboxylic acids is 1. The summed E-state index contributed by atoms with van der Waals surface area (Å²) in [6, 6.07) is 15.9. The van der Waals surface area contributed by atoms with Gasteiger partial charge in [-0.05, 0) is 49.1 Å². The summed E-state index contributed by atoms with van der Waals surface area (Å²) >= 11 is 6.00. The summed E-state index contributed by atoms with van der Waals surface area (Å²) in [5.74, 6) is 1.30. The van der Waals surface area contributed by atoms with Crippen LogP contribution in [0, 0.1) is 5.92 Å². The van der Waals surface area contributed by atoms with Crippen molar-refractivity contribution in [1.82, 2.24) is 14.9 Å². The number of fused-ring (bicyclic) bond motifs is 1. The first-order chi connectivity index (χ1) is 14.7. The van der Waals surface area contributed by atoms with E-state index in [1.165, 1.54) is 0 Å².